The van der Waals surface area contributed by atoms with Crippen molar-refractivity contribution in [1.82, 2.24) is 14.1 Å². The van der Waals surface area contributed by atoms with Crippen LogP contribution in [0.4, 0.5) is 0 Å². The Balaban J connectivity index is 2.24. The molecule has 1 aromatic heterocycles. The number of aromatic hydroxyl groups is 1. The molecule has 0 saturated heterocycles. The summed E-state index contributed by atoms with van der Waals surface area (Å²) in [6, 6.07) is 12.2. The zero-order chi connectivity index (χ0) is 21.2. The Hall–Kier alpha value is -2.84. The minimum Gasteiger partial charge on any atom is -0.507 e. The molecule has 3 rings (SSSR count). The molecule has 0 unspecified atom stereocenters. The van der Waals surface area contributed by atoms with Crippen molar-refractivity contribution < 1.29 is 18.3 Å². The molecule has 0 amide bonds. The molecule has 0 atom stereocenters. The van der Waals surface area contributed by atoms with E-state index < -0.39 is 10.0 Å². The molecule has 0 fully saturated rings. The van der Waals surface area contributed by atoms with E-state index in [0.29, 0.717) is 24.3 Å². The van der Waals surface area contributed by atoms with Gasteiger partial charge in [0.25, 0.3) is 0 Å². The van der Waals surface area contributed by atoms with Crippen LogP contribution >= 0.6 is 0 Å². The van der Waals surface area contributed by atoms with Gasteiger partial charge in [0.15, 0.2) is 0 Å². The van der Waals surface area contributed by atoms with Gasteiger partial charge in [0.05, 0.1) is 24.7 Å². The Morgan fingerprint density at radius 1 is 1.14 bits per heavy atom. The quantitative estimate of drug-likeness (QED) is 0.637. The summed E-state index contributed by atoms with van der Waals surface area (Å²) in [5.74, 6) is 0.00999. The van der Waals surface area contributed by atoms with E-state index in [1.807, 2.05) is 31.2 Å². The number of rotatable bonds is 7. The Morgan fingerprint density at radius 2 is 1.83 bits per heavy atom. The van der Waals surface area contributed by atoms with Gasteiger partial charge in [-0.3, -0.25) is 0 Å². The van der Waals surface area contributed by atoms with Crippen LogP contribution in [0.2, 0.25) is 0 Å². The number of para-hydroxylation sites is 1. The molecular weight excluding hydrogens is 390 g/mol. The highest BCUT2D eigenvalue weighted by Gasteiger charge is 2.28. The molecule has 1 heterocycles. The van der Waals surface area contributed by atoms with Crippen molar-refractivity contribution in [2.24, 2.45) is 0 Å². The van der Waals surface area contributed by atoms with Crippen LogP contribution < -0.4 is 4.74 Å². The summed E-state index contributed by atoms with van der Waals surface area (Å²) in [6.45, 7) is 6.19. The van der Waals surface area contributed by atoms with E-state index in [2.05, 4.69) is 5.10 Å². The van der Waals surface area contributed by atoms with E-state index in [0.717, 1.165) is 11.3 Å². The number of nitrogens with zero attached hydrogens (tertiary/aromatic N) is 3. The van der Waals surface area contributed by atoms with E-state index >= 15 is 0 Å². The maximum absolute atomic E-state index is 13.2. The van der Waals surface area contributed by atoms with E-state index in [4.69, 9.17) is 4.74 Å². The van der Waals surface area contributed by atoms with E-state index in [-0.39, 0.29) is 16.4 Å². The molecule has 0 radical (unpaired) electrons. The van der Waals surface area contributed by atoms with Crippen molar-refractivity contribution in [2.75, 3.05) is 20.2 Å². The summed E-state index contributed by atoms with van der Waals surface area (Å²) in [5, 5.41) is 15.0. The van der Waals surface area contributed by atoms with Crippen LogP contribution in [0.25, 0.3) is 16.9 Å². The van der Waals surface area contributed by atoms with E-state index in [9.17, 15) is 13.5 Å². The summed E-state index contributed by atoms with van der Waals surface area (Å²) >= 11 is 0. The molecule has 0 aliphatic heterocycles. The van der Waals surface area contributed by atoms with Crippen molar-refractivity contribution in [2.45, 2.75) is 25.7 Å². The molecule has 1 N–H and O–H groups in total. The largest absolute Gasteiger partial charge is 0.507 e. The number of hydrogen-bond acceptors (Lipinski definition) is 5. The average molecular weight is 416 g/mol. The lowest BCUT2D eigenvalue weighted by Crippen LogP contribution is -2.31. The standard InChI is InChI=1S/C21H25N3O4S/c1-5-23(6-2)29(26,27)21-13-16(19(25)14-20(21)28-4)18-11-12-22-24(18)17-10-8-7-9-15(17)3/h7-14,25H,5-6H2,1-4H3. The first-order valence-electron chi connectivity index (χ1n) is 9.36. The second-order valence-electron chi connectivity index (χ2n) is 6.52. The van der Waals surface area contributed by atoms with Gasteiger partial charge in [0, 0.05) is 24.7 Å². The molecule has 8 heteroatoms. The normalized spacial score (nSPS) is 11.8. The third-order valence-electron chi connectivity index (χ3n) is 4.87. The van der Waals surface area contributed by atoms with Gasteiger partial charge < -0.3 is 9.84 Å². The maximum atomic E-state index is 13.2. The number of sulfonamides is 1. The topological polar surface area (TPSA) is 84.7 Å². The predicted molar refractivity (Wildman–Crippen MR) is 112 cm³/mol. The average Bonchev–Trinajstić information content (AvgIpc) is 3.17. The van der Waals surface area contributed by atoms with Gasteiger partial charge in [-0.2, -0.15) is 9.40 Å². The number of hydrogen-bond donors (Lipinski definition) is 1. The lowest BCUT2D eigenvalue weighted by atomic mass is 10.1. The number of aryl methyl sites for hydroxylation is 1. The van der Waals surface area contributed by atoms with Crippen molar-refractivity contribution in [1.29, 1.82) is 0 Å². The van der Waals surface area contributed by atoms with Crippen molar-refractivity contribution in [3.8, 4) is 28.4 Å². The van der Waals surface area contributed by atoms with Gasteiger partial charge in [-0.25, -0.2) is 13.1 Å². The minimum atomic E-state index is -3.79. The summed E-state index contributed by atoms with van der Waals surface area (Å²) in [4.78, 5) is 0.00836. The summed E-state index contributed by atoms with van der Waals surface area (Å²) in [6.07, 6.45) is 1.62. The van der Waals surface area contributed by atoms with Crippen molar-refractivity contribution >= 4 is 10.0 Å². The number of ether oxygens (including phenoxy) is 1. The highest BCUT2D eigenvalue weighted by molar-refractivity contribution is 7.89. The minimum absolute atomic E-state index is 0.00836. The Labute approximate surface area is 171 Å². The molecule has 2 aromatic carbocycles. The van der Waals surface area contributed by atoms with Gasteiger partial charge in [-0.05, 0) is 30.7 Å². The summed E-state index contributed by atoms with van der Waals surface area (Å²) in [7, 11) is -2.41. The molecule has 0 saturated carbocycles. The Morgan fingerprint density at radius 3 is 2.45 bits per heavy atom. The second kappa shape index (κ2) is 8.26. The van der Waals surface area contributed by atoms with E-state index in [1.165, 1.54) is 23.5 Å². The number of phenols is 1. The fourth-order valence-corrected chi connectivity index (χ4v) is 4.94. The molecule has 3 aromatic rings. The first kappa shape index (κ1) is 20.9. The highest BCUT2D eigenvalue weighted by atomic mass is 32.2. The van der Waals surface area contributed by atoms with Gasteiger partial charge >= 0.3 is 0 Å². The van der Waals surface area contributed by atoms with E-state index in [1.54, 1.807) is 30.8 Å². The fourth-order valence-electron chi connectivity index (χ4n) is 3.32. The smallest absolute Gasteiger partial charge is 0.246 e. The zero-order valence-corrected chi connectivity index (χ0v) is 17.8. The highest BCUT2D eigenvalue weighted by Crippen LogP contribution is 2.39. The molecule has 7 nitrogen and oxygen atoms in total. The van der Waals surface area contributed by atoms with Crippen LogP contribution in [-0.4, -0.2) is 47.8 Å². The number of aromatic nitrogens is 2. The Bertz CT molecular complexity index is 1120. The SMILES string of the molecule is CCN(CC)S(=O)(=O)c1cc(-c2ccnn2-c2ccccc2C)c(O)cc1OC. The maximum Gasteiger partial charge on any atom is 0.246 e. The lowest BCUT2D eigenvalue weighted by molar-refractivity contribution is 0.390. The first-order valence-corrected chi connectivity index (χ1v) is 10.8. The third-order valence-corrected chi connectivity index (χ3v) is 6.94. The molecule has 0 aliphatic carbocycles. The van der Waals surface area contributed by atoms with Crippen LogP contribution in [-0.2, 0) is 10.0 Å². The van der Waals surface area contributed by atoms with Gasteiger partial charge in [0.2, 0.25) is 10.0 Å². The number of benzene rings is 2. The molecule has 0 bridgehead atoms. The van der Waals surface area contributed by atoms with Crippen LogP contribution in [0.3, 0.4) is 0 Å². The summed E-state index contributed by atoms with van der Waals surface area (Å²) in [5.41, 5.74) is 2.78. The third kappa shape index (κ3) is 3.73. The van der Waals surface area contributed by atoms with Crippen LogP contribution in [0.15, 0.2) is 53.6 Å². The van der Waals surface area contributed by atoms with Crippen LogP contribution in [0, 0.1) is 6.92 Å². The van der Waals surface area contributed by atoms with Gasteiger partial charge in [-0.1, -0.05) is 32.0 Å². The molecule has 154 valence electrons. The predicted octanol–water partition coefficient (Wildman–Crippen LogP) is 3.59. The fraction of sp³-hybridized carbons (Fsp3) is 0.286. The summed E-state index contributed by atoms with van der Waals surface area (Å²) < 4.78 is 34.6. The van der Waals surface area contributed by atoms with Crippen molar-refractivity contribution in [3.63, 3.8) is 0 Å². The van der Waals surface area contributed by atoms with Gasteiger partial charge in [0.1, 0.15) is 16.4 Å². The van der Waals surface area contributed by atoms with Crippen LogP contribution in [0.1, 0.15) is 19.4 Å². The van der Waals surface area contributed by atoms with Crippen LogP contribution in [0.5, 0.6) is 11.5 Å². The van der Waals surface area contributed by atoms with Crippen molar-refractivity contribution in [3.05, 3.63) is 54.2 Å². The molecular formula is C21H25N3O4S. The zero-order valence-electron chi connectivity index (χ0n) is 17.0. The molecule has 0 spiro atoms. The molecule has 29 heavy (non-hydrogen) atoms. The first-order chi connectivity index (χ1) is 13.8. The van der Waals surface area contributed by atoms with Gasteiger partial charge in [-0.15, -0.1) is 0 Å². The monoisotopic (exact) mass is 415 g/mol. The number of phenolic OH excluding ortho intramolecular Hbond substituents is 1. The second-order valence-corrected chi connectivity index (χ2v) is 8.43. The Kier molecular flexibility index (Phi) is 5.95. The number of methoxy groups -OCH3 is 1. The molecule has 0 aliphatic rings. The lowest BCUT2D eigenvalue weighted by Gasteiger charge is -2.21.